The lowest BCUT2D eigenvalue weighted by atomic mass is 10.2. The van der Waals surface area contributed by atoms with E-state index in [0.29, 0.717) is 11.4 Å². The number of halogens is 1. The van der Waals surface area contributed by atoms with Crippen LogP contribution in [0.15, 0.2) is 88.2 Å². The Bertz CT molecular complexity index is 1040. The Morgan fingerprint density at radius 2 is 1.50 bits per heavy atom. The van der Waals surface area contributed by atoms with E-state index in [1.165, 1.54) is 18.2 Å². The van der Waals surface area contributed by atoms with Crippen molar-refractivity contribution in [3.63, 3.8) is 0 Å². The molecular weight excluding hydrogens is 416 g/mol. The van der Waals surface area contributed by atoms with Gasteiger partial charge in [-0.05, 0) is 48.5 Å². The molecule has 0 heterocycles. The third-order valence-electron chi connectivity index (χ3n) is 3.52. The highest BCUT2D eigenvalue weighted by Gasteiger charge is 2.16. The molecule has 3 rings (SSSR count). The Kier molecular flexibility index (Phi) is 5.39. The van der Waals surface area contributed by atoms with Gasteiger partial charge >= 0.3 is 0 Å². The van der Waals surface area contributed by atoms with Crippen LogP contribution in [0, 0.1) is 0 Å². The van der Waals surface area contributed by atoms with E-state index in [-0.39, 0.29) is 16.4 Å². The lowest BCUT2D eigenvalue weighted by Crippen LogP contribution is -2.16. The van der Waals surface area contributed by atoms with Crippen LogP contribution >= 0.6 is 15.9 Å². The highest BCUT2D eigenvalue weighted by molar-refractivity contribution is 9.10. The van der Waals surface area contributed by atoms with Crippen molar-refractivity contribution in [3.05, 3.63) is 88.9 Å². The van der Waals surface area contributed by atoms with Gasteiger partial charge in [-0.1, -0.05) is 46.3 Å². The quantitative estimate of drug-likeness (QED) is 0.625. The maximum Gasteiger partial charge on any atom is 0.261 e. The third-order valence-corrected chi connectivity index (χ3v) is 5.39. The number of carbonyl (C=O) groups is 1. The topological polar surface area (TPSA) is 75.3 Å². The fraction of sp³-hybridized carbons (Fsp3) is 0. The van der Waals surface area contributed by atoms with Gasteiger partial charge in [0.1, 0.15) is 0 Å². The van der Waals surface area contributed by atoms with Gasteiger partial charge < -0.3 is 5.32 Å². The zero-order valence-electron chi connectivity index (χ0n) is 13.5. The van der Waals surface area contributed by atoms with Crippen LogP contribution in [0.5, 0.6) is 0 Å². The summed E-state index contributed by atoms with van der Waals surface area (Å²) in [5.41, 5.74) is 1.32. The number of carbonyl (C=O) groups excluding carboxylic acids is 1. The normalized spacial score (nSPS) is 11.0. The van der Waals surface area contributed by atoms with E-state index < -0.39 is 10.0 Å². The monoisotopic (exact) mass is 430 g/mol. The molecule has 0 radical (unpaired) electrons. The Hall–Kier alpha value is -2.64. The summed E-state index contributed by atoms with van der Waals surface area (Å²) in [6, 6.07) is 21.6. The van der Waals surface area contributed by atoms with Crippen LogP contribution in [-0.2, 0) is 10.0 Å². The molecule has 3 aromatic carbocycles. The molecule has 0 aliphatic heterocycles. The van der Waals surface area contributed by atoms with E-state index in [2.05, 4.69) is 26.0 Å². The van der Waals surface area contributed by atoms with Gasteiger partial charge in [-0.3, -0.25) is 9.52 Å². The number of anilines is 2. The largest absolute Gasteiger partial charge is 0.322 e. The van der Waals surface area contributed by atoms with E-state index in [9.17, 15) is 13.2 Å². The van der Waals surface area contributed by atoms with Gasteiger partial charge in [-0.2, -0.15) is 0 Å². The first-order valence-electron chi connectivity index (χ1n) is 7.69. The molecule has 0 atom stereocenters. The number of sulfonamides is 1. The first-order chi connectivity index (χ1) is 12.4. The van der Waals surface area contributed by atoms with Crippen LogP contribution in [-0.4, -0.2) is 14.3 Å². The molecule has 1 amide bonds. The molecule has 26 heavy (non-hydrogen) atoms. The molecule has 0 bridgehead atoms. The maximum absolute atomic E-state index is 12.5. The third kappa shape index (κ3) is 4.50. The standard InChI is InChI=1S/C19H15BrN2O3S/c20-15-7-5-10-17(13-15)21-19(23)14-6-4-11-18(12-14)26(24,25)22-16-8-2-1-3-9-16/h1-13,22H,(H,21,23). The minimum atomic E-state index is -3.79. The predicted octanol–water partition coefficient (Wildman–Crippen LogP) is 4.50. The summed E-state index contributed by atoms with van der Waals surface area (Å²) in [6.45, 7) is 0. The molecule has 0 aromatic heterocycles. The summed E-state index contributed by atoms with van der Waals surface area (Å²) < 4.78 is 28.4. The smallest absolute Gasteiger partial charge is 0.261 e. The molecule has 0 saturated carbocycles. The second-order valence-corrected chi connectivity index (χ2v) is 8.06. The van der Waals surface area contributed by atoms with E-state index in [0.717, 1.165) is 4.47 Å². The predicted molar refractivity (Wildman–Crippen MR) is 106 cm³/mol. The number of para-hydroxylation sites is 1. The molecule has 0 aliphatic carbocycles. The Morgan fingerprint density at radius 1 is 0.808 bits per heavy atom. The summed E-state index contributed by atoms with van der Waals surface area (Å²) in [5.74, 6) is -0.389. The number of hydrogen-bond donors (Lipinski definition) is 2. The van der Waals surface area contributed by atoms with E-state index >= 15 is 0 Å². The number of amides is 1. The average molecular weight is 431 g/mol. The molecule has 3 aromatic rings. The van der Waals surface area contributed by atoms with Crippen molar-refractivity contribution < 1.29 is 13.2 Å². The van der Waals surface area contributed by atoms with Crippen molar-refractivity contribution in [2.75, 3.05) is 10.0 Å². The Balaban J connectivity index is 1.82. The van der Waals surface area contributed by atoms with Crippen LogP contribution in [0.4, 0.5) is 11.4 Å². The number of benzene rings is 3. The second kappa shape index (κ2) is 7.72. The number of rotatable bonds is 5. The molecule has 132 valence electrons. The molecule has 0 fully saturated rings. The van der Waals surface area contributed by atoms with Crippen LogP contribution < -0.4 is 10.0 Å². The lowest BCUT2D eigenvalue weighted by Gasteiger charge is -2.10. The van der Waals surface area contributed by atoms with Crippen molar-refractivity contribution >= 4 is 43.2 Å². The van der Waals surface area contributed by atoms with Crippen molar-refractivity contribution in [1.82, 2.24) is 0 Å². The van der Waals surface area contributed by atoms with Gasteiger partial charge in [0.15, 0.2) is 0 Å². The highest BCUT2D eigenvalue weighted by Crippen LogP contribution is 2.19. The van der Waals surface area contributed by atoms with Gasteiger partial charge in [0.05, 0.1) is 4.90 Å². The molecule has 7 heteroatoms. The first-order valence-corrected chi connectivity index (χ1v) is 9.96. The lowest BCUT2D eigenvalue weighted by molar-refractivity contribution is 0.102. The van der Waals surface area contributed by atoms with Crippen molar-refractivity contribution in [2.45, 2.75) is 4.90 Å². The van der Waals surface area contributed by atoms with Crippen LogP contribution in [0.2, 0.25) is 0 Å². The van der Waals surface area contributed by atoms with E-state index in [1.54, 1.807) is 54.6 Å². The Labute approximate surface area is 160 Å². The van der Waals surface area contributed by atoms with Crippen molar-refractivity contribution in [3.8, 4) is 0 Å². The molecule has 5 nitrogen and oxygen atoms in total. The van der Waals surface area contributed by atoms with Crippen molar-refractivity contribution in [2.24, 2.45) is 0 Å². The molecule has 0 saturated heterocycles. The molecule has 0 aliphatic rings. The Morgan fingerprint density at radius 3 is 2.23 bits per heavy atom. The highest BCUT2D eigenvalue weighted by atomic mass is 79.9. The summed E-state index contributed by atoms with van der Waals surface area (Å²) in [5, 5.41) is 2.74. The number of nitrogens with one attached hydrogen (secondary N) is 2. The van der Waals surface area contributed by atoms with Crippen LogP contribution in [0.25, 0.3) is 0 Å². The van der Waals surface area contributed by atoms with Crippen LogP contribution in [0.3, 0.4) is 0 Å². The maximum atomic E-state index is 12.5. The first kappa shape index (κ1) is 18.2. The molecule has 0 unspecified atom stereocenters. The zero-order chi connectivity index (χ0) is 18.6. The fourth-order valence-electron chi connectivity index (χ4n) is 2.29. The van der Waals surface area contributed by atoms with E-state index in [4.69, 9.17) is 0 Å². The summed E-state index contributed by atoms with van der Waals surface area (Å²) in [7, 11) is -3.79. The SMILES string of the molecule is O=C(Nc1cccc(Br)c1)c1cccc(S(=O)(=O)Nc2ccccc2)c1. The molecule has 0 spiro atoms. The van der Waals surface area contributed by atoms with Gasteiger partial charge in [0, 0.05) is 21.4 Å². The number of hydrogen-bond acceptors (Lipinski definition) is 3. The van der Waals surface area contributed by atoms with Gasteiger partial charge in [-0.15, -0.1) is 0 Å². The molecular formula is C19H15BrN2O3S. The van der Waals surface area contributed by atoms with Gasteiger partial charge in [0.25, 0.3) is 15.9 Å². The van der Waals surface area contributed by atoms with Crippen LogP contribution in [0.1, 0.15) is 10.4 Å². The van der Waals surface area contributed by atoms with Gasteiger partial charge in [0.2, 0.25) is 0 Å². The summed E-state index contributed by atoms with van der Waals surface area (Å²) >= 11 is 3.34. The minimum Gasteiger partial charge on any atom is -0.322 e. The fourth-order valence-corrected chi connectivity index (χ4v) is 3.80. The van der Waals surface area contributed by atoms with Gasteiger partial charge in [-0.25, -0.2) is 8.42 Å². The minimum absolute atomic E-state index is 0.0169. The van der Waals surface area contributed by atoms with Crippen molar-refractivity contribution in [1.29, 1.82) is 0 Å². The average Bonchev–Trinajstić information content (AvgIpc) is 2.62. The van der Waals surface area contributed by atoms with E-state index in [1.807, 2.05) is 6.07 Å². The summed E-state index contributed by atoms with van der Waals surface area (Å²) in [4.78, 5) is 12.4. The zero-order valence-corrected chi connectivity index (χ0v) is 15.9. The summed E-state index contributed by atoms with van der Waals surface area (Å²) in [6.07, 6.45) is 0. The molecule has 2 N–H and O–H groups in total. The second-order valence-electron chi connectivity index (χ2n) is 5.46.